The highest BCUT2D eigenvalue weighted by Crippen LogP contribution is 2.25. The minimum absolute atomic E-state index is 0.117. The van der Waals surface area contributed by atoms with E-state index in [1.165, 1.54) is 12.2 Å². The molecule has 0 unspecified atom stereocenters. The summed E-state index contributed by atoms with van der Waals surface area (Å²) in [6.07, 6.45) is 1.26. The van der Waals surface area contributed by atoms with Gasteiger partial charge in [0.25, 0.3) is 5.91 Å². The van der Waals surface area contributed by atoms with Gasteiger partial charge >= 0.3 is 0 Å². The standard InChI is InChI=1S/C14H19NO3/c1-14(2,13(17)15(3)18-4)12-7-5-11(6-8-12)9-10-16/h5-8,10H,9H2,1-4H3. The monoisotopic (exact) mass is 249 g/mol. The molecule has 0 aliphatic heterocycles. The van der Waals surface area contributed by atoms with Crippen LogP contribution in [0.5, 0.6) is 0 Å². The van der Waals surface area contributed by atoms with Gasteiger partial charge in [-0.15, -0.1) is 0 Å². The lowest BCUT2D eigenvalue weighted by atomic mass is 9.83. The molecule has 0 aliphatic carbocycles. The Balaban J connectivity index is 2.97. The van der Waals surface area contributed by atoms with Crippen LogP contribution in [0.15, 0.2) is 24.3 Å². The van der Waals surface area contributed by atoms with Gasteiger partial charge in [0.15, 0.2) is 0 Å². The van der Waals surface area contributed by atoms with Gasteiger partial charge in [-0.3, -0.25) is 9.63 Å². The van der Waals surface area contributed by atoms with Crippen molar-refractivity contribution in [3.05, 3.63) is 35.4 Å². The summed E-state index contributed by atoms with van der Waals surface area (Å²) in [5.41, 5.74) is 1.17. The van der Waals surface area contributed by atoms with Crippen molar-refractivity contribution in [1.82, 2.24) is 5.06 Å². The lowest BCUT2D eigenvalue weighted by Crippen LogP contribution is -2.40. The summed E-state index contributed by atoms with van der Waals surface area (Å²) in [5, 5.41) is 1.22. The van der Waals surface area contributed by atoms with Gasteiger partial charge in [0, 0.05) is 13.5 Å². The molecule has 18 heavy (non-hydrogen) atoms. The van der Waals surface area contributed by atoms with Crippen molar-refractivity contribution >= 4 is 12.2 Å². The SMILES string of the molecule is CON(C)C(=O)C(C)(C)c1ccc(CC=O)cc1. The molecule has 0 spiro atoms. The fourth-order valence-corrected chi connectivity index (χ4v) is 1.75. The van der Waals surface area contributed by atoms with Crippen molar-refractivity contribution in [3.8, 4) is 0 Å². The predicted molar refractivity (Wildman–Crippen MR) is 69.0 cm³/mol. The quantitative estimate of drug-likeness (QED) is 0.589. The zero-order valence-corrected chi connectivity index (χ0v) is 11.3. The van der Waals surface area contributed by atoms with E-state index in [2.05, 4.69) is 0 Å². The van der Waals surface area contributed by atoms with Gasteiger partial charge < -0.3 is 4.79 Å². The summed E-state index contributed by atoms with van der Waals surface area (Å²) >= 11 is 0. The number of benzene rings is 1. The van der Waals surface area contributed by atoms with Crippen molar-refractivity contribution in [2.24, 2.45) is 0 Å². The smallest absolute Gasteiger partial charge is 0.255 e. The first-order chi connectivity index (χ1) is 8.43. The van der Waals surface area contributed by atoms with E-state index in [0.29, 0.717) is 6.42 Å². The van der Waals surface area contributed by atoms with Crippen molar-refractivity contribution in [2.75, 3.05) is 14.2 Å². The second-order valence-electron chi connectivity index (χ2n) is 4.68. The van der Waals surface area contributed by atoms with Crippen LogP contribution in [0, 0.1) is 0 Å². The molecule has 1 aromatic rings. The second kappa shape index (κ2) is 5.78. The molecule has 1 rings (SSSR count). The van der Waals surface area contributed by atoms with E-state index in [1.807, 2.05) is 38.1 Å². The molecule has 0 aromatic heterocycles. The summed E-state index contributed by atoms with van der Waals surface area (Å²) in [6, 6.07) is 7.48. The van der Waals surface area contributed by atoms with Crippen LogP contribution in [0.25, 0.3) is 0 Å². The van der Waals surface area contributed by atoms with Gasteiger partial charge in [-0.2, -0.15) is 0 Å². The summed E-state index contributed by atoms with van der Waals surface area (Å²) in [7, 11) is 3.05. The van der Waals surface area contributed by atoms with E-state index < -0.39 is 5.41 Å². The van der Waals surface area contributed by atoms with Crippen molar-refractivity contribution in [2.45, 2.75) is 25.7 Å². The van der Waals surface area contributed by atoms with E-state index in [0.717, 1.165) is 17.4 Å². The number of rotatable bonds is 5. The van der Waals surface area contributed by atoms with E-state index in [9.17, 15) is 9.59 Å². The highest BCUT2D eigenvalue weighted by molar-refractivity contribution is 5.86. The molecular formula is C14H19NO3. The van der Waals surface area contributed by atoms with E-state index in [4.69, 9.17) is 4.84 Å². The van der Waals surface area contributed by atoms with Gasteiger partial charge in [-0.1, -0.05) is 24.3 Å². The van der Waals surface area contributed by atoms with Crippen molar-refractivity contribution in [1.29, 1.82) is 0 Å². The van der Waals surface area contributed by atoms with Gasteiger partial charge in [-0.25, -0.2) is 5.06 Å². The van der Waals surface area contributed by atoms with Crippen LogP contribution in [-0.4, -0.2) is 31.4 Å². The summed E-state index contributed by atoms with van der Waals surface area (Å²) < 4.78 is 0. The molecule has 0 fully saturated rings. The Kier molecular flexibility index (Phi) is 4.62. The molecule has 0 saturated heterocycles. The van der Waals surface area contributed by atoms with Gasteiger partial charge in [-0.05, 0) is 25.0 Å². The van der Waals surface area contributed by atoms with Crippen LogP contribution in [0.4, 0.5) is 0 Å². The first-order valence-electron chi connectivity index (χ1n) is 5.78. The van der Waals surface area contributed by atoms with Crippen LogP contribution in [0.1, 0.15) is 25.0 Å². The fourth-order valence-electron chi connectivity index (χ4n) is 1.75. The minimum atomic E-state index is -0.662. The van der Waals surface area contributed by atoms with Gasteiger partial charge in [0.2, 0.25) is 0 Å². The number of carbonyl (C=O) groups is 2. The van der Waals surface area contributed by atoms with Gasteiger partial charge in [0.1, 0.15) is 6.29 Å². The molecule has 0 bridgehead atoms. The maximum atomic E-state index is 12.2. The third kappa shape index (κ3) is 2.96. The molecule has 0 aliphatic rings. The van der Waals surface area contributed by atoms with E-state index in [-0.39, 0.29) is 5.91 Å². The number of amides is 1. The average Bonchev–Trinajstić information content (AvgIpc) is 2.38. The molecule has 0 N–H and O–H groups in total. The Morgan fingerprint density at radius 3 is 2.33 bits per heavy atom. The predicted octanol–water partition coefficient (Wildman–Crippen LogP) is 1.73. The number of likely N-dealkylation sites (N-methyl/N-ethyl adjacent to an activating group) is 1. The summed E-state index contributed by atoms with van der Waals surface area (Å²) in [5.74, 6) is -0.117. The number of aldehydes is 1. The Morgan fingerprint density at radius 2 is 1.89 bits per heavy atom. The molecule has 4 nitrogen and oxygen atoms in total. The average molecular weight is 249 g/mol. The topological polar surface area (TPSA) is 46.6 Å². The molecule has 4 heteroatoms. The first kappa shape index (κ1) is 14.4. The highest BCUT2D eigenvalue weighted by atomic mass is 16.7. The molecule has 0 saturated carbocycles. The Labute approximate surface area is 108 Å². The largest absolute Gasteiger partial charge is 0.303 e. The first-order valence-corrected chi connectivity index (χ1v) is 5.78. The molecule has 1 aromatic carbocycles. The van der Waals surface area contributed by atoms with Crippen LogP contribution in [-0.2, 0) is 26.3 Å². The Hall–Kier alpha value is -1.68. The number of nitrogens with zero attached hydrogens (tertiary/aromatic N) is 1. The number of hydrogen-bond acceptors (Lipinski definition) is 3. The third-order valence-corrected chi connectivity index (χ3v) is 3.09. The lowest BCUT2D eigenvalue weighted by molar-refractivity contribution is -0.174. The van der Waals surface area contributed by atoms with Crippen LogP contribution >= 0.6 is 0 Å². The van der Waals surface area contributed by atoms with Crippen LogP contribution < -0.4 is 0 Å². The molecule has 0 heterocycles. The maximum Gasteiger partial charge on any atom is 0.255 e. The zero-order chi connectivity index (χ0) is 13.8. The van der Waals surface area contributed by atoms with E-state index >= 15 is 0 Å². The number of hydrogen-bond donors (Lipinski definition) is 0. The lowest BCUT2D eigenvalue weighted by Gasteiger charge is -2.28. The zero-order valence-electron chi connectivity index (χ0n) is 11.3. The highest BCUT2D eigenvalue weighted by Gasteiger charge is 2.32. The normalized spacial score (nSPS) is 11.1. The van der Waals surface area contributed by atoms with E-state index in [1.54, 1.807) is 7.05 Å². The Bertz CT molecular complexity index is 423. The van der Waals surface area contributed by atoms with Crippen molar-refractivity contribution in [3.63, 3.8) is 0 Å². The maximum absolute atomic E-state index is 12.2. The summed E-state index contributed by atoms with van der Waals surface area (Å²) in [4.78, 5) is 27.5. The minimum Gasteiger partial charge on any atom is -0.303 e. The number of carbonyl (C=O) groups excluding carboxylic acids is 2. The summed E-state index contributed by atoms with van der Waals surface area (Å²) in [6.45, 7) is 3.69. The van der Waals surface area contributed by atoms with Crippen LogP contribution in [0.2, 0.25) is 0 Å². The fraction of sp³-hybridized carbons (Fsp3) is 0.429. The molecule has 0 radical (unpaired) electrons. The second-order valence-corrected chi connectivity index (χ2v) is 4.68. The third-order valence-electron chi connectivity index (χ3n) is 3.09. The van der Waals surface area contributed by atoms with Crippen molar-refractivity contribution < 1.29 is 14.4 Å². The Morgan fingerprint density at radius 1 is 1.33 bits per heavy atom. The van der Waals surface area contributed by atoms with Crippen LogP contribution in [0.3, 0.4) is 0 Å². The van der Waals surface area contributed by atoms with Gasteiger partial charge in [0.05, 0.1) is 12.5 Å². The molecule has 98 valence electrons. The number of hydroxylamine groups is 2. The molecule has 0 atom stereocenters. The molecule has 1 amide bonds. The molecular weight excluding hydrogens is 230 g/mol.